The van der Waals surface area contributed by atoms with E-state index in [1.165, 1.54) is 10.7 Å². The van der Waals surface area contributed by atoms with Crippen molar-refractivity contribution in [2.24, 2.45) is 4.99 Å². The zero-order valence-corrected chi connectivity index (χ0v) is 16.1. The lowest BCUT2D eigenvalue weighted by Gasteiger charge is -2.23. The Kier molecular flexibility index (Phi) is 7.67. The van der Waals surface area contributed by atoms with Gasteiger partial charge in [-0.3, -0.25) is 9.79 Å². The molecule has 0 bridgehead atoms. The number of nitrogens with two attached hydrogens (primary N) is 1. The van der Waals surface area contributed by atoms with Gasteiger partial charge in [0, 0.05) is 30.1 Å². The number of aromatic nitrogens is 2. The Morgan fingerprint density at radius 1 is 1.33 bits per heavy atom. The highest BCUT2D eigenvalue weighted by molar-refractivity contribution is 6.02. The topological polar surface area (TPSA) is 82.5 Å². The average molecular weight is 374 g/mol. The molecule has 0 saturated carbocycles. The molecule has 2 heterocycles. The van der Waals surface area contributed by atoms with Crippen LogP contribution in [0.5, 0.6) is 0 Å². The van der Waals surface area contributed by atoms with Crippen LogP contribution in [0.3, 0.4) is 0 Å². The minimum Gasteiger partial charge on any atom is -0.394 e. The van der Waals surface area contributed by atoms with Crippen molar-refractivity contribution >= 4 is 11.4 Å². The first-order valence-corrected chi connectivity index (χ1v) is 9.28. The molecule has 1 saturated heterocycles. The normalized spacial score (nSPS) is 15.2. The van der Waals surface area contributed by atoms with Crippen molar-refractivity contribution in [3.63, 3.8) is 0 Å². The van der Waals surface area contributed by atoms with Crippen molar-refractivity contribution in [3.05, 3.63) is 57.8 Å². The first kappa shape index (κ1) is 20.8. The lowest BCUT2D eigenvalue weighted by atomic mass is 10.1. The van der Waals surface area contributed by atoms with E-state index in [0.717, 1.165) is 12.8 Å². The lowest BCUT2D eigenvalue weighted by molar-refractivity contribution is 0.0648. The molecular weight excluding hydrogens is 347 g/mol. The number of aliphatic imine (C=N–C) groups is 1. The van der Waals surface area contributed by atoms with Crippen LogP contribution >= 0.6 is 0 Å². The first-order valence-electron chi connectivity index (χ1n) is 9.28. The maximum absolute atomic E-state index is 13.7. The van der Waals surface area contributed by atoms with Crippen molar-refractivity contribution < 1.29 is 9.13 Å². The van der Waals surface area contributed by atoms with Crippen LogP contribution in [0.25, 0.3) is 0 Å². The Labute approximate surface area is 158 Å². The van der Waals surface area contributed by atoms with Gasteiger partial charge < -0.3 is 10.5 Å². The predicted octanol–water partition coefficient (Wildman–Crippen LogP) is 3.35. The average Bonchev–Trinajstić information content (AvgIpc) is 2.71. The number of halogens is 1. The second kappa shape index (κ2) is 9.97. The molecule has 0 spiro atoms. The van der Waals surface area contributed by atoms with E-state index in [-0.39, 0.29) is 29.7 Å². The first-order chi connectivity index (χ1) is 13.1. The summed E-state index contributed by atoms with van der Waals surface area (Å²) in [6.07, 6.45) is 3.05. The molecule has 27 heavy (non-hydrogen) atoms. The highest BCUT2D eigenvalue weighted by Crippen LogP contribution is 2.19. The number of hydrogen-bond acceptors (Lipinski definition) is 5. The molecule has 1 aliphatic heterocycles. The van der Waals surface area contributed by atoms with Crippen molar-refractivity contribution in [2.75, 3.05) is 18.9 Å². The van der Waals surface area contributed by atoms with Gasteiger partial charge >= 0.3 is 0 Å². The van der Waals surface area contributed by atoms with E-state index < -0.39 is 0 Å². The minimum absolute atomic E-state index is 0.00765. The van der Waals surface area contributed by atoms with Crippen molar-refractivity contribution in [3.8, 4) is 0 Å². The third kappa shape index (κ3) is 5.01. The molecule has 2 aromatic rings. The lowest BCUT2D eigenvalue weighted by Crippen LogP contribution is -2.33. The third-order valence-corrected chi connectivity index (χ3v) is 4.41. The second-order valence-corrected chi connectivity index (χ2v) is 6.06. The number of anilines is 1. The van der Waals surface area contributed by atoms with E-state index >= 15 is 0 Å². The summed E-state index contributed by atoms with van der Waals surface area (Å²) < 4.78 is 20.4. The quantitative estimate of drug-likeness (QED) is 0.832. The summed E-state index contributed by atoms with van der Waals surface area (Å²) in [7, 11) is 0. The zero-order chi connectivity index (χ0) is 19.8. The highest BCUT2D eigenvalue weighted by Gasteiger charge is 2.20. The summed E-state index contributed by atoms with van der Waals surface area (Å²) in [6.45, 7) is 7.15. The van der Waals surface area contributed by atoms with Gasteiger partial charge in [0.1, 0.15) is 11.5 Å². The zero-order valence-electron chi connectivity index (χ0n) is 16.1. The van der Waals surface area contributed by atoms with Gasteiger partial charge in [-0.05, 0) is 25.8 Å². The van der Waals surface area contributed by atoms with Crippen molar-refractivity contribution in [1.29, 1.82) is 0 Å². The van der Waals surface area contributed by atoms with Crippen LogP contribution in [0.1, 0.15) is 50.8 Å². The number of benzene rings is 1. The highest BCUT2D eigenvalue weighted by atomic mass is 19.1. The van der Waals surface area contributed by atoms with E-state index in [2.05, 4.69) is 10.1 Å². The summed E-state index contributed by atoms with van der Waals surface area (Å²) >= 11 is 0. The molecule has 0 unspecified atom stereocenters. The molecule has 7 heteroatoms. The molecule has 3 rings (SSSR count). The molecule has 0 aliphatic carbocycles. The number of nitrogens with zero attached hydrogens (tertiary/aromatic N) is 3. The molecule has 0 amide bonds. The minimum atomic E-state index is -0.315. The Hall–Kier alpha value is -2.54. The number of ether oxygens (including phenoxy) is 1. The molecule has 2 N–H and O–H groups in total. The Morgan fingerprint density at radius 2 is 2.00 bits per heavy atom. The van der Waals surface area contributed by atoms with Crippen LogP contribution < -0.4 is 11.3 Å². The van der Waals surface area contributed by atoms with Crippen LogP contribution in [0, 0.1) is 5.82 Å². The fourth-order valence-electron chi connectivity index (χ4n) is 2.87. The summed E-state index contributed by atoms with van der Waals surface area (Å²) in [5, 5.41) is 4.27. The number of nitrogen functional groups attached to an aromatic ring is 1. The summed E-state index contributed by atoms with van der Waals surface area (Å²) in [5.41, 5.74) is 7.38. The van der Waals surface area contributed by atoms with Crippen LogP contribution in [0.15, 0.2) is 40.2 Å². The maximum Gasteiger partial charge on any atom is 0.290 e. The molecule has 1 aromatic carbocycles. The smallest absolute Gasteiger partial charge is 0.290 e. The predicted molar refractivity (Wildman–Crippen MR) is 106 cm³/mol. The van der Waals surface area contributed by atoms with Crippen LogP contribution in [0.2, 0.25) is 0 Å². The fourth-order valence-corrected chi connectivity index (χ4v) is 2.87. The van der Waals surface area contributed by atoms with Crippen molar-refractivity contribution in [1.82, 2.24) is 9.78 Å². The summed E-state index contributed by atoms with van der Waals surface area (Å²) in [4.78, 5) is 16.9. The van der Waals surface area contributed by atoms with Gasteiger partial charge in [-0.1, -0.05) is 32.0 Å². The van der Waals surface area contributed by atoms with Crippen LogP contribution in [0.4, 0.5) is 10.1 Å². The summed E-state index contributed by atoms with van der Waals surface area (Å²) in [5.74, 6) is -0.305. The monoisotopic (exact) mass is 374 g/mol. The van der Waals surface area contributed by atoms with Gasteiger partial charge in [0.25, 0.3) is 5.56 Å². The van der Waals surface area contributed by atoms with Crippen LogP contribution in [-0.2, 0) is 11.3 Å². The second-order valence-electron chi connectivity index (χ2n) is 6.06. The molecule has 6 nitrogen and oxygen atoms in total. The van der Waals surface area contributed by atoms with Gasteiger partial charge in [-0.25, -0.2) is 9.07 Å². The molecule has 0 atom stereocenters. The standard InChI is InChI=1S/C18H21FN4O2.C2H6/c1-12(21-10-13-4-2-3-5-16(13)19)15-11-22-23(18(24)17(15)20)14-6-8-25-9-7-14;1-2/h2-5,11,14H,6-10,20H2,1H3;1-2H3. The summed E-state index contributed by atoms with van der Waals surface area (Å²) in [6, 6.07) is 6.47. The molecule has 146 valence electrons. The number of rotatable bonds is 4. The molecule has 1 aromatic heterocycles. The molecule has 1 aliphatic rings. The largest absolute Gasteiger partial charge is 0.394 e. The third-order valence-electron chi connectivity index (χ3n) is 4.41. The van der Waals surface area contributed by atoms with Crippen molar-refractivity contribution in [2.45, 2.75) is 46.2 Å². The Balaban J connectivity index is 0.00000126. The van der Waals surface area contributed by atoms with E-state index in [1.807, 2.05) is 13.8 Å². The van der Waals surface area contributed by atoms with E-state index in [4.69, 9.17) is 10.5 Å². The van der Waals surface area contributed by atoms with Gasteiger partial charge in [0.2, 0.25) is 0 Å². The Bertz CT molecular complexity index is 842. The Morgan fingerprint density at radius 3 is 2.67 bits per heavy atom. The van der Waals surface area contributed by atoms with E-state index in [9.17, 15) is 9.18 Å². The van der Waals surface area contributed by atoms with Gasteiger partial charge in [0.15, 0.2) is 0 Å². The van der Waals surface area contributed by atoms with Gasteiger partial charge in [0.05, 0.1) is 18.8 Å². The SMILES string of the molecule is CC.CC(=NCc1ccccc1F)c1cnn(C2CCOCC2)c(=O)c1N. The fraction of sp³-hybridized carbons (Fsp3) is 0.450. The number of hydrogen-bond donors (Lipinski definition) is 1. The molecular formula is C20H27FN4O2. The van der Waals surface area contributed by atoms with Gasteiger partial charge in [-0.15, -0.1) is 0 Å². The van der Waals surface area contributed by atoms with Gasteiger partial charge in [-0.2, -0.15) is 5.10 Å². The van der Waals surface area contributed by atoms with E-state index in [1.54, 1.807) is 31.3 Å². The molecule has 0 radical (unpaired) electrons. The molecule has 1 fully saturated rings. The van der Waals surface area contributed by atoms with Crippen LogP contribution in [-0.4, -0.2) is 28.7 Å². The van der Waals surface area contributed by atoms with E-state index in [0.29, 0.717) is 30.1 Å². The maximum atomic E-state index is 13.7.